The molecule has 0 radical (unpaired) electrons. The van der Waals surface area contributed by atoms with Gasteiger partial charge in [0.15, 0.2) is 0 Å². The molecule has 2 aromatic rings. The Hall–Kier alpha value is -0.350. The number of hydrogen-bond donors (Lipinski definition) is 2. The predicted octanol–water partition coefficient (Wildman–Crippen LogP) is 3.53. The van der Waals surface area contributed by atoms with Gasteiger partial charge >= 0.3 is 0 Å². The minimum absolute atomic E-state index is 0.300. The highest BCUT2D eigenvalue weighted by Gasteiger charge is 2.18. The van der Waals surface area contributed by atoms with Crippen LogP contribution in [0.25, 0.3) is 0 Å². The van der Waals surface area contributed by atoms with Crippen LogP contribution in [0.2, 0.25) is 5.02 Å². The Morgan fingerprint density at radius 1 is 1.35 bits per heavy atom. The lowest BCUT2D eigenvalue weighted by Crippen LogP contribution is -2.12. The van der Waals surface area contributed by atoms with Crippen LogP contribution in [0.4, 0.5) is 5.69 Å². The molecule has 0 aliphatic carbocycles. The zero-order chi connectivity index (χ0) is 14.8. The fourth-order valence-corrected chi connectivity index (χ4v) is 5.04. The van der Waals surface area contributed by atoms with Gasteiger partial charge in [-0.15, -0.1) is 11.3 Å². The molecule has 0 aliphatic heterocycles. The number of anilines is 1. The van der Waals surface area contributed by atoms with Crippen LogP contribution >= 0.6 is 45.5 Å². The van der Waals surface area contributed by atoms with Crippen molar-refractivity contribution in [2.75, 3.05) is 11.8 Å². The van der Waals surface area contributed by atoms with Gasteiger partial charge in [0, 0.05) is 15.1 Å². The number of hydrogen-bond acceptors (Lipinski definition) is 4. The smallest absolute Gasteiger partial charge is 0.271 e. The van der Waals surface area contributed by atoms with Gasteiger partial charge in [0.2, 0.25) is 0 Å². The molecule has 0 fully saturated rings. The van der Waals surface area contributed by atoms with E-state index in [0.717, 1.165) is 9.13 Å². The number of rotatable bonds is 5. The summed E-state index contributed by atoms with van der Waals surface area (Å²) in [6.07, 6.45) is 0. The zero-order valence-corrected chi connectivity index (χ0v) is 15.0. The Morgan fingerprint density at radius 2 is 2.10 bits per heavy atom. The zero-order valence-electron chi connectivity index (χ0n) is 10.5. The molecular weight excluding hydrogens is 431 g/mol. The van der Waals surface area contributed by atoms with Crippen molar-refractivity contribution < 1.29 is 8.42 Å². The van der Waals surface area contributed by atoms with Gasteiger partial charge in [0.05, 0.1) is 5.69 Å². The molecule has 2 rings (SSSR count). The first-order valence-electron chi connectivity index (χ1n) is 5.62. The summed E-state index contributed by atoms with van der Waals surface area (Å²) in [5.74, 6) is 0. The minimum Gasteiger partial charge on any atom is -0.316 e. The number of halogens is 2. The highest BCUT2D eigenvalue weighted by Crippen LogP contribution is 2.27. The maximum absolute atomic E-state index is 12.3. The van der Waals surface area contributed by atoms with Crippen molar-refractivity contribution in [2.24, 2.45) is 0 Å². The molecule has 0 spiro atoms. The fourth-order valence-electron chi connectivity index (χ4n) is 1.56. The summed E-state index contributed by atoms with van der Waals surface area (Å²) in [4.78, 5) is 0. The lowest BCUT2D eigenvalue weighted by Gasteiger charge is -2.08. The van der Waals surface area contributed by atoms with E-state index < -0.39 is 10.0 Å². The summed E-state index contributed by atoms with van der Waals surface area (Å²) in [7, 11) is -1.73. The number of benzene rings is 1. The normalized spacial score (nSPS) is 11.6. The van der Waals surface area contributed by atoms with Crippen LogP contribution in [0.5, 0.6) is 0 Å². The third-order valence-corrected chi connectivity index (χ3v) is 6.43. The van der Waals surface area contributed by atoms with E-state index in [2.05, 4.69) is 10.0 Å². The van der Waals surface area contributed by atoms with E-state index in [-0.39, 0.29) is 0 Å². The Labute approximate surface area is 140 Å². The third-order valence-electron chi connectivity index (χ3n) is 2.45. The van der Waals surface area contributed by atoms with E-state index in [9.17, 15) is 8.42 Å². The lowest BCUT2D eigenvalue weighted by atomic mass is 10.3. The number of nitrogens with one attached hydrogen (secondary N) is 2. The summed E-state index contributed by atoms with van der Waals surface area (Å²) in [5.41, 5.74) is 1.47. The van der Waals surface area contributed by atoms with Crippen molar-refractivity contribution >= 4 is 61.2 Å². The second kappa shape index (κ2) is 6.61. The highest BCUT2D eigenvalue weighted by atomic mass is 127. The van der Waals surface area contributed by atoms with E-state index in [1.807, 2.05) is 35.0 Å². The van der Waals surface area contributed by atoms with Gasteiger partial charge in [-0.05, 0) is 64.8 Å². The van der Waals surface area contributed by atoms with Crippen LogP contribution < -0.4 is 10.0 Å². The summed E-state index contributed by atoms with van der Waals surface area (Å²) < 4.78 is 28.2. The van der Waals surface area contributed by atoms with Crippen LogP contribution in [0.1, 0.15) is 5.56 Å². The van der Waals surface area contributed by atoms with Gasteiger partial charge in [-0.1, -0.05) is 11.6 Å². The second-order valence-electron chi connectivity index (χ2n) is 4.03. The molecule has 1 aromatic heterocycles. The number of thiophene rings is 1. The van der Waals surface area contributed by atoms with E-state index in [1.165, 1.54) is 11.3 Å². The molecular formula is C12H12ClIN2O2S2. The fraction of sp³-hybridized carbons (Fsp3) is 0.167. The highest BCUT2D eigenvalue weighted by molar-refractivity contribution is 14.1. The average Bonchev–Trinajstić information content (AvgIpc) is 2.83. The molecule has 1 aromatic carbocycles. The Kier molecular flexibility index (Phi) is 5.30. The first kappa shape index (κ1) is 16.0. The summed E-state index contributed by atoms with van der Waals surface area (Å²) >= 11 is 9.11. The summed E-state index contributed by atoms with van der Waals surface area (Å²) in [6.45, 7) is 0.643. The van der Waals surface area contributed by atoms with Crippen molar-refractivity contribution in [3.63, 3.8) is 0 Å². The molecule has 0 atom stereocenters. The van der Waals surface area contributed by atoms with Gasteiger partial charge in [-0.25, -0.2) is 8.42 Å². The average molecular weight is 443 g/mol. The van der Waals surface area contributed by atoms with Crippen molar-refractivity contribution in [1.29, 1.82) is 0 Å². The van der Waals surface area contributed by atoms with Crippen molar-refractivity contribution in [2.45, 2.75) is 10.8 Å². The number of sulfonamides is 1. The minimum atomic E-state index is -3.55. The van der Waals surface area contributed by atoms with Crippen LogP contribution in [0.15, 0.2) is 33.9 Å². The topological polar surface area (TPSA) is 58.2 Å². The van der Waals surface area contributed by atoms with Crippen LogP contribution in [-0.2, 0) is 16.6 Å². The SMILES string of the molecule is CNCc1csc(S(=O)(=O)Nc2ccc(Cl)cc2I)c1. The molecule has 0 aliphatic rings. The molecule has 0 saturated carbocycles. The Balaban J connectivity index is 2.26. The monoisotopic (exact) mass is 442 g/mol. The molecule has 20 heavy (non-hydrogen) atoms. The van der Waals surface area contributed by atoms with E-state index >= 15 is 0 Å². The lowest BCUT2D eigenvalue weighted by molar-refractivity contribution is 0.603. The summed E-state index contributed by atoms with van der Waals surface area (Å²) in [5, 5.41) is 5.39. The van der Waals surface area contributed by atoms with Crippen molar-refractivity contribution in [1.82, 2.24) is 5.32 Å². The predicted molar refractivity (Wildman–Crippen MR) is 92.1 cm³/mol. The second-order valence-corrected chi connectivity index (χ2v) is 8.45. The van der Waals surface area contributed by atoms with Crippen LogP contribution in [-0.4, -0.2) is 15.5 Å². The standard InChI is InChI=1S/C12H12ClIN2O2S2/c1-15-6-8-4-12(19-7-8)20(17,18)16-11-3-2-9(13)5-10(11)14/h2-5,7,15-16H,6H2,1H3. The quantitative estimate of drug-likeness (QED) is 0.697. The molecule has 2 N–H and O–H groups in total. The van der Waals surface area contributed by atoms with E-state index in [4.69, 9.17) is 11.6 Å². The molecule has 0 saturated heterocycles. The van der Waals surface area contributed by atoms with Crippen molar-refractivity contribution in [3.8, 4) is 0 Å². The molecule has 8 heteroatoms. The molecule has 1 heterocycles. The van der Waals surface area contributed by atoms with Crippen LogP contribution in [0.3, 0.4) is 0 Å². The van der Waals surface area contributed by atoms with Crippen molar-refractivity contribution in [3.05, 3.63) is 43.8 Å². The first-order valence-corrected chi connectivity index (χ1v) is 9.44. The largest absolute Gasteiger partial charge is 0.316 e. The Bertz CT molecular complexity index is 716. The molecule has 0 unspecified atom stereocenters. The Morgan fingerprint density at radius 3 is 2.75 bits per heavy atom. The molecule has 0 bridgehead atoms. The summed E-state index contributed by atoms with van der Waals surface area (Å²) in [6, 6.07) is 6.69. The third kappa shape index (κ3) is 3.85. The molecule has 0 amide bonds. The van der Waals surface area contributed by atoms with Gasteiger partial charge in [-0.3, -0.25) is 4.72 Å². The van der Waals surface area contributed by atoms with E-state index in [1.54, 1.807) is 24.3 Å². The van der Waals surface area contributed by atoms with Crippen LogP contribution in [0, 0.1) is 3.57 Å². The molecule has 108 valence electrons. The van der Waals surface area contributed by atoms with Gasteiger partial charge in [-0.2, -0.15) is 0 Å². The van der Waals surface area contributed by atoms with Gasteiger partial charge in [0.25, 0.3) is 10.0 Å². The maximum Gasteiger partial charge on any atom is 0.271 e. The first-order chi connectivity index (χ1) is 9.42. The van der Waals surface area contributed by atoms with E-state index in [0.29, 0.717) is 21.5 Å². The van der Waals surface area contributed by atoms with Gasteiger partial charge < -0.3 is 5.32 Å². The van der Waals surface area contributed by atoms with Gasteiger partial charge in [0.1, 0.15) is 4.21 Å². The maximum atomic E-state index is 12.3. The molecule has 4 nitrogen and oxygen atoms in total.